The summed E-state index contributed by atoms with van der Waals surface area (Å²) in [6.07, 6.45) is 0. The van der Waals surface area contributed by atoms with E-state index in [9.17, 15) is 14.7 Å². The number of rotatable bonds is 8. The standard InChI is InChI=1S/C20H25ClN2O5/c1-4-28-20(26)18-15(11-27-10-9-22)23(3)12(2)16(19(24)25)17(18)13-7-5-6-8-14(13)21/h5-8,17H,4,9-11,22H2,1-3H3,(H,24,25). The highest BCUT2D eigenvalue weighted by molar-refractivity contribution is 6.31. The second-order valence-corrected chi connectivity index (χ2v) is 6.65. The van der Waals surface area contributed by atoms with E-state index < -0.39 is 17.9 Å². The molecule has 0 saturated heterocycles. The minimum absolute atomic E-state index is 0.0706. The molecule has 1 aromatic carbocycles. The highest BCUT2D eigenvalue weighted by Crippen LogP contribution is 2.44. The van der Waals surface area contributed by atoms with Crippen molar-refractivity contribution in [3.63, 3.8) is 0 Å². The zero-order valence-corrected chi connectivity index (χ0v) is 17.0. The molecule has 3 N–H and O–H groups in total. The molecule has 28 heavy (non-hydrogen) atoms. The molecular weight excluding hydrogens is 384 g/mol. The molecule has 152 valence electrons. The number of aliphatic carboxylic acids is 1. The molecule has 0 radical (unpaired) electrons. The molecule has 1 aliphatic rings. The zero-order chi connectivity index (χ0) is 20.8. The van der Waals surface area contributed by atoms with Gasteiger partial charge in [-0.05, 0) is 25.5 Å². The molecule has 1 aromatic rings. The number of nitrogens with two attached hydrogens (primary N) is 1. The van der Waals surface area contributed by atoms with E-state index in [2.05, 4.69) is 0 Å². The summed E-state index contributed by atoms with van der Waals surface area (Å²) in [5.41, 5.74) is 7.32. The Morgan fingerprint density at radius 1 is 1.29 bits per heavy atom. The Kier molecular flexibility index (Phi) is 7.62. The lowest BCUT2D eigenvalue weighted by Gasteiger charge is -2.36. The molecule has 0 aliphatic carbocycles. The highest BCUT2D eigenvalue weighted by atomic mass is 35.5. The summed E-state index contributed by atoms with van der Waals surface area (Å²) in [5, 5.41) is 10.3. The van der Waals surface area contributed by atoms with Crippen molar-refractivity contribution >= 4 is 23.5 Å². The van der Waals surface area contributed by atoms with Crippen molar-refractivity contribution in [1.29, 1.82) is 0 Å². The molecule has 1 aliphatic heterocycles. The van der Waals surface area contributed by atoms with Crippen LogP contribution >= 0.6 is 11.6 Å². The van der Waals surface area contributed by atoms with Gasteiger partial charge in [-0.2, -0.15) is 0 Å². The van der Waals surface area contributed by atoms with Gasteiger partial charge in [-0.15, -0.1) is 0 Å². The van der Waals surface area contributed by atoms with Gasteiger partial charge in [0.25, 0.3) is 0 Å². The van der Waals surface area contributed by atoms with E-state index in [4.69, 9.17) is 26.8 Å². The fourth-order valence-corrected chi connectivity index (χ4v) is 3.50. The number of carbonyl (C=O) groups is 2. The second-order valence-electron chi connectivity index (χ2n) is 6.24. The molecule has 1 atom stereocenters. The van der Waals surface area contributed by atoms with Crippen LogP contribution in [0.5, 0.6) is 0 Å². The lowest BCUT2D eigenvalue weighted by molar-refractivity contribution is -0.139. The minimum Gasteiger partial charge on any atom is -0.478 e. The normalized spacial score (nSPS) is 17.2. The van der Waals surface area contributed by atoms with Gasteiger partial charge in [-0.25, -0.2) is 9.59 Å². The maximum atomic E-state index is 12.9. The molecule has 1 heterocycles. The second kappa shape index (κ2) is 9.73. The Balaban J connectivity index is 2.74. The summed E-state index contributed by atoms with van der Waals surface area (Å²) in [5.74, 6) is -2.60. The molecule has 8 heteroatoms. The Bertz CT molecular complexity index is 819. The smallest absolute Gasteiger partial charge is 0.336 e. The third-order valence-corrected chi connectivity index (χ3v) is 4.97. The molecular formula is C20H25ClN2O5. The fraction of sp³-hybridized carbons (Fsp3) is 0.400. The van der Waals surface area contributed by atoms with Crippen LogP contribution in [0.1, 0.15) is 25.3 Å². The van der Waals surface area contributed by atoms with Gasteiger partial charge in [-0.3, -0.25) is 0 Å². The largest absolute Gasteiger partial charge is 0.478 e. The van der Waals surface area contributed by atoms with Gasteiger partial charge in [-0.1, -0.05) is 29.8 Å². The maximum absolute atomic E-state index is 12.9. The number of hydrogen-bond donors (Lipinski definition) is 2. The monoisotopic (exact) mass is 408 g/mol. The van der Waals surface area contributed by atoms with Crippen LogP contribution in [0.25, 0.3) is 0 Å². The Morgan fingerprint density at radius 3 is 2.54 bits per heavy atom. The van der Waals surface area contributed by atoms with Crippen molar-refractivity contribution < 1.29 is 24.2 Å². The SMILES string of the molecule is CCOC(=O)C1=C(COCCN)N(C)C(C)=C(C(=O)O)C1c1ccccc1Cl. The zero-order valence-electron chi connectivity index (χ0n) is 16.2. The molecule has 0 saturated carbocycles. The Hall–Kier alpha value is -2.35. The van der Waals surface area contributed by atoms with Crippen LogP contribution < -0.4 is 5.73 Å². The number of likely N-dealkylation sites (N-methyl/N-ethyl adjacent to an activating group) is 1. The van der Waals surface area contributed by atoms with Crippen molar-refractivity contribution in [1.82, 2.24) is 4.90 Å². The van der Waals surface area contributed by atoms with Crippen LogP contribution in [0.2, 0.25) is 5.02 Å². The van der Waals surface area contributed by atoms with Crippen LogP contribution in [0.3, 0.4) is 0 Å². The number of carbonyl (C=O) groups excluding carboxylic acids is 1. The summed E-state index contributed by atoms with van der Waals surface area (Å²) >= 11 is 6.38. The van der Waals surface area contributed by atoms with Crippen molar-refractivity contribution in [2.24, 2.45) is 5.73 Å². The predicted molar refractivity (Wildman–Crippen MR) is 106 cm³/mol. The van der Waals surface area contributed by atoms with E-state index in [1.165, 1.54) is 0 Å². The predicted octanol–water partition coefficient (Wildman–Crippen LogP) is 2.52. The van der Waals surface area contributed by atoms with E-state index in [1.54, 1.807) is 50.1 Å². The van der Waals surface area contributed by atoms with Crippen LogP contribution in [0.4, 0.5) is 0 Å². The lowest BCUT2D eigenvalue weighted by Crippen LogP contribution is -2.35. The number of nitrogens with zero attached hydrogens (tertiary/aromatic N) is 1. The highest BCUT2D eigenvalue weighted by Gasteiger charge is 2.41. The van der Waals surface area contributed by atoms with Crippen LogP contribution in [0, 0.1) is 0 Å². The van der Waals surface area contributed by atoms with Crippen LogP contribution in [-0.2, 0) is 19.1 Å². The number of carboxylic acid groups (broad SMARTS) is 1. The first-order valence-corrected chi connectivity index (χ1v) is 9.33. The molecule has 0 amide bonds. The van der Waals surface area contributed by atoms with Gasteiger partial charge in [0.1, 0.15) is 0 Å². The number of carboxylic acids is 1. The van der Waals surface area contributed by atoms with Gasteiger partial charge >= 0.3 is 11.9 Å². The van der Waals surface area contributed by atoms with Gasteiger partial charge in [0, 0.05) is 24.3 Å². The molecule has 1 unspecified atom stereocenters. The number of benzene rings is 1. The lowest BCUT2D eigenvalue weighted by atomic mass is 9.79. The number of allylic oxidation sites excluding steroid dienone is 1. The summed E-state index contributed by atoms with van der Waals surface area (Å²) in [7, 11) is 1.70. The van der Waals surface area contributed by atoms with Gasteiger partial charge in [0.2, 0.25) is 0 Å². The van der Waals surface area contributed by atoms with Gasteiger partial charge < -0.3 is 25.2 Å². The van der Waals surface area contributed by atoms with E-state index >= 15 is 0 Å². The van der Waals surface area contributed by atoms with E-state index in [0.29, 0.717) is 35.1 Å². The molecule has 7 nitrogen and oxygen atoms in total. The third kappa shape index (κ3) is 4.38. The maximum Gasteiger partial charge on any atom is 0.336 e. The van der Waals surface area contributed by atoms with Gasteiger partial charge in [0.15, 0.2) is 0 Å². The molecule has 2 rings (SSSR count). The average Bonchev–Trinajstić information content (AvgIpc) is 2.65. The molecule has 0 aromatic heterocycles. The molecule has 0 bridgehead atoms. The summed E-state index contributed by atoms with van der Waals surface area (Å²) < 4.78 is 10.8. The van der Waals surface area contributed by atoms with Crippen LogP contribution in [0.15, 0.2) is 46.8 Å². The fourth-order valence-electron chi connectivity index (χ4n) is 3.25. The number of ether oxygens (including phenoxy) is 2. The topological polar surface area (TPSA) is 102 Å². The van der Waals surface area contributed by atoms with Crippen molar-refractivity contribution in [2.75, 3.05) is 33.4 Å². The summed E-state index contributed by atoms with van der Waals surface area (Å²) in [6.45, 7) is 4.27. The van der Waals surface area contributed by atoms with Crippen molar-refractivity contribution in [2.45, 2.75) is 19.8 Å². The first kappa shape index (κ1) is 21.9. The third-order valence-electron chi connectivity index (χ3n) is 4.63. The van der Waals surface area contributed by atoms with Crippen molar-refractivity contribution in [3.05, 3.63) is 57.4 Å². The first-order valence-electron chi connectivity index (χ1n) is 8.95. The van der Waals surface area contributed by atoms with Gasteiger partial charge in [0.05, 0.1) is 42.6 Å². The van der Waals surface area contributed by atoms with E-state index in [0.717, 1.165) is 0 Å². The molecule has 0 fully saturated rings. The molecule has 0 spiro atoms. The first-order chi connectivity index (χ1) is 13.3. The number of esters is 1. The minimum atomic E-state index is -1.13. The quantitative estimate of drug-likeness (QED) is 0.503. The Labute approximate surface area is 169 Å². The average molecular weight is 409 g/mol. The van der Waals surface area contributed by atoms with Crippen molar-refractivity contribution in [3.8, 4) is 0 Å². The van der Waals surface area contributed by atoms with Crippen LogP contribution in [-0.4, -0.2) is 55.4 Å². The number of hydrogen-bond acceptors (Lipinski definition) is 6. The van der Waals surface area contributed by atoms with E-state index in [-0.39, 0.29) is 24.4 Å². The Morgan fingerprint density at radius 2 is 1.96 bits per heavy atom. The van der Waals surface area contributed by atoms with E-state index in [1.807, 2.05) is 0 Å². The number of halogens is 1. The summed E-state index contributed by atoms with van der Waals surface area (Å²) in [6, 6.07) is 6.88. The summed E-state index contributed by atoms with van der Waals surface area (Å²) in [4.78, 5) is 26.7.